The molecule has 2 aliphatic heterocycles. The van der Waals surface area contributed by atoms with E-state index < -0.39 is 46.9 Å². The van der Waals surface area contributed by atoms with Crippen LogP contribution in [0.4, 0.5) is 5.69 Å². The summed E-state index contributed by atoms with van der Waals surface area (Å²) in [6, 6.07) is 19.7. The fourth-order valence-electron chi connectivity index (χ4n) is 5.63. The first-order chi connectivity index (χ1) is 17.4. The van der Waals surface area contributed by atoms with E-state index in [-0.39, 0.29) is 16.8 Å². The van der Waals surface area contributed by atoms with Crippen molar-refractivity contribution in [1.82, 2.24) is 0 Å². The third-order valence-corrected chi connectivity index (χ3v) is 7.38. The summed E-state index contributed by atoms with van der Waals surface area (Å²) in [5.74, 6) is -4.48. The molecule has 7 nitrogen and oxygen atoms in total. The minimum absolute atomic E-state index is 0.187. The molecule has 1 spiro atoms. The highest BCUT2D eigenvalue weighted by Crippen LogP contribution is 2.58. The van der Waals surface area contributed by atoms with Gasteiger partial charge in [0, 0.05) is 16.1 Å². The topological polar surface area (TPSA) is 90.0 Å². The highest BCUT2D eigenvalue weighted by atomic mass is 35.5. The summed E-state index contributed by atoms with van der Waals surface area (Å²) in [4.78, 5) is 56.6. The molecule has 2 amide bonds. The number of Topliss-reactive ketones (excluding diaryl/α,β-unsaturated/α-hetero) is 2. The van der Waals surface area contributed by atoms with Gasteiger partial charge < -0.3 is 9.47 Å². The maximum Gasteiger partial charge on any atom is 0.241 e. The molecule has 1 aliphatic carbocycles. The molecular formula is C28H20ClNO6. The lowest BCUT2D eigenvalue weighted by Crippen LogP contribution is -2.51. The molecule has 36 heavy (non-hydrogen) atoms. The Bertz CT molecular complexity index is 1410. The summed E-state index contributed by atoms with van der Waals surface area (Å²) in [7, 11) is 0. The van der Waals surface area contributed by atoms with Crippen molar-refractivity contribution in [3.8, 4) is 5.75 Å². The average Bonchev–Trinajstić information content (AvgIpc) is 3.45. The molecule has 2 saturated heterocycles. The second-order valence-corrected chi connectivity index (χ2v) is 9.38. The van der Waals surface area contributed by atoms with Gasteiger partial charge in [0.05, 0.1) is 30.2 Å². The van der Waals surface area contributed by atoms with Gasteiger partial charge in [-0.25, -0.2) is 4.90 Å². The van der Waals surface area contributed by atoms with Gasteiger partial charge in [-0.1, -0.05) is 60.1 Å². The molecular weight excluding hydrogens is 482 g/mol. The van der Waals surface area contributed by atoms with E-state index in [2.05, 4.69) is 0 Å². The highest BCUT2D eigenvalue weighted by molar-refractivity contribution is 6.37. The molecule has 3 aromatic rings. The van der Waals surface area contributed by atoms with Gasteiger partial charge in [0.25, 0.3) is 0 Å². The zero-order valence-electron chi connectivity index (χ0n) is 19.1. The van der Waals surface area contributed by atoms with Gasteiger partial charge in [-0.05, 0) is 36.8 Å². The Morgan fingerprint density at radius 1 is 0.861 bits per heavy atom. The molecule has 0 saturated carbocycles. The minimum Gasteiger partial charge on any atom is -0.492 e. The predicted octanol–water partition coefficient (Wildman–Crippen LogP) is 4.43. The number of rotatable bonds is 4. The van der Waals surface area contributed by atoms with Gasteiger partial charge in [-0.15, -0.1) is 0 Å². The molecule has 3 aliphatic rings. The van der Waals surface area contributed by atoms with Crippen molar-refractivity contribution in [3.63, 3.8) is 0 Å². The van der Waals surface area contributed by atoms with Crippen molar-refractivity contribution in [2.75, 3.05) is 11.5 Å². The van der Waals surface area contributed by atoms with Gasteiger partial charge in [0.1, 0.15) is 5.75 Å². The predicted molar refractivity (Wildman–Crippen MR) is 130 cm³/mol. The van der Waals surface area contributed by atoms with Crippen LogP contribution in [0.15, 0.2) is 72.8 Å². The maximum absolute atomic E-state index is 14.0. The Morgan fingerprint density at radius 2 is 1.47 bits per heavy atom. The molecule has 8 heteroatoms. The number of carbonyl (C=O) groups excluding carboxylic acids is 4. The molecule has 180 valence electrons. The summed E-state index contributed by atoms with van der Waals surface area (Å²) in [6.45, 7) is 2.12. The standard InChI is InChI=1S/C28H20ClNO6/c1-2-35-20-10-6-5-9-19(20)30-26(33)21-22(27(30)34)28(36-23(21)15-11-13-16(29)14-12-15)24(31)17-7-3-4-8-18(17)25(28)32/h3-14,21-23H,2H2,1H3/t21-,22+,23-/m1/s1. The maximum atomic E-state index is 14.0. The quantitative estimate of drug-likeness (QED) is 0.388. The van der Waals surface area contributed by atoms with Crippen LogP contribution in [0.5, 0.6) is 5.75 Å². The molecule has 6 rings (SSSR count). The summed E-state index contributed by atoms with van der Waals surface area (Å²) < 4.78 is 11.9. The Kier molecular flexibility index (Phi) is 5.10. The van der Waals surface area contributed by atoms with E-state index in [0.717, 1.165) is 4.90 Å². The Balaban J connectivity index is 1.54. The molecule has 0 radical (unpaired) electrons. The molecule has 2 heterocycles. The summed E-state index contributed by atoms with van der Waals surface area (Å²) in [5.41, 5.74) is -0.938. The number of para-hydroxylation sites is 2. The van der Waals surface area contributed by atoms with Crippen molar-refractivity contribution in [2.45, 2.75) is 18.6 Å². The first-order valence-corrected chi connectivity index (χ1v) is 12.0. The van der Waals surface area contributed by atoms with E-state index in [9.17, 15) is 19.2 Å². The van der Waals surface area contributed by atoms with E-state index in [0.29, 0.717) is 22.9 Å². The van der Waals surface area contributed by atoms with Crippen molar-refractivity contribution in [3.05, 3.63) is 94.5 Å². The van der Waals surface area contributed by atoms with Gasteiger partial charge in [-0.3, -0.25) is 19.2 Å². The number of benzene rings is 3. The van der Waals surface area contributed by atoms with Crippen LogP contribution in [0.25, 0.3) is 0 Å². The number of anilines is 1. The first kappa shape index (κ1) is 22.6. The van der Waals surface area contributed by atoms with Crippen LogP contribution in [-0.4, -0.2) is 35.6 Å². The Morgan fingerprint density at radius 3 is 2.11 bits per heavy atom. The van der Waals surface area contributed by atoms with E-state index in [1.165, 1.54) is 0 Å². The van der Waals surface area contributed by atoms with Gasteiger partial charge in [0.2, 0.25) is 29.0 Å². The number of hydrogen-bond donors (Lipinski definition) is 0. The lowest BCUT2D eigenvalue weighted by atomic mass is 9.77. The van der Waals surface area contributed by atoms with E-state index in [1.54, 1.807) is 79.7 Å². The molecule has 0 bridgehead atoms. The Labute approximate surface area is 211 Å². The van der Waals surface area contributed by atoms with Crippen LogP contribution in [-0.2, 0) is 14.3 Å². The number of nitrogens with zero attached hydrogens (tertiary/aromatic N) is 1. The Hall–Kier alpha value is -3.81. The van der Waals surface area contributed by atoms with Gasteiger partial charge in [-0.2, -0.15) is 0 Å². The molecule has 0 N–H and O–H groups in total. The fraction of sp³-hybridized carbons (Fsp3) is 0.214. The van der Waals surface area contributed by atoms with Crippen LogP contribution in [0.2, 0.25) is 5.02 Å². The van der Waals surface area contributed by atoms with Crippen molar-refractivity contribution in [2.24, 2.45) is 11.8 Å². The lowest BCUT2D eigenvalue weighted by Gasteiger charge is -2.27. The number of hydrogen-bond acceptors (Lipinski definition) is 6. The second-order valence-electron chi connectivity index (χ2n) is 8.95. The van der Waals surface area contributed by atoms with Crippen LogP contribution in [0, 0.1) is 11.8 Å². The van der Waals surface area contributed by atoms with E-state index in [4.69, 9.17) is 21.1 Å². The van der Waals surface area contributed by atoms with Crippen LogP contribution < -0.4 is 9.64 Å². The van der Waals surface area contributed by atoms with Crippen molar-refractivity contribution >= 4 is 40.7 Å². The second kappa shape index (κ2) is 8.11. The van der Waals surface area contributed by atoms with Crippen LogP contribution in [0.3, 0.4) is 0 Å². The minimum atomic E-state index is -2.12. The normalized spacial score (nSPS) is 23.9. The zero-order valence-corrected chi connectivity index (χ0v) is 19.9. The number of imide groups is 1. The van der Waals surface area contributed by atoms with Gasteiger partial charge >= 0.3 is 0 Å². The summed E-state index contributed by atoms with van der Waals surface area (Å²) >= 11 is 6.07. The van der Waals surface area contributed by atoms with Crippen LogP contribution in [0.1, 0.15) is 39.3 Å². The molecule has 0 aromatic heterocycles. The number of fused-ring (bicyclic) bond motifs is 3. The third-order valence-electron chi connectivity index (χ3n) is 7.12. The smallest absolute Gasteiger partial charge is 0.241 e. The van der Waals surface area contributed by atoms with Crippen molar-refractivity contribution in [1.29, 1.82) is 0 Å². The number of carbonyl (C=O) groups is 4. The van der Waals surface area contributed by atoms with Crippen molar-refractivity contribution < 1.29 is 28.7 Å². The van der Waals surface area contributed by atoms with Gasteiger partial charge in [0.15, 0.2) is 0 Å². The molecule has 3 atom stereocenters. The zero-order chi connectivity index (χ0) is 25.2. The molecule has 3 aromatic carbocycles. The summed E-state index contributed by atoms with van der Waals surface area (Å²) in [6.07, 6.45) is -1.00. The number of ether oxygens (including phenoxy) is 2. The number of halogens is 1. The average molecular weight is 502 g/mol. The third kappa shape index (κ3) is 2.90. The first-order valence-electron chi connectivity index (χ1n) is 11.6. The molecule has 2 fully saturated rings. The summed E-state index contributed by atoms with van der Waals surface area (Å²) in [5, 5.41) is 0.476. The van der Waals surface area contributed by atoms with E-state index in [1.807, 2.05) is 0 Å². The largest absolute Gasteiger partial charge is 0.492 e. The highest BCUT2D eigenvalue weighted by Gasteiger charge is 2.74. The number of ketones is 2. The number of amides is 2. The van der Waals surface area contributed by atoms with Crippen LogP contribution >= 0.6 is 11.6 Å². The molecule has 0 unspecified atom stereocenters. The SMILES string of the molecule is CCOc1ccccc1N1C(=O)[C@H]2[C@@H](c3ccc(Cl)cc3)OC3(C(=O)c4ccccc4C3=O)[C@@H]2C1=O. The monoisotopic (exact) mass is 501 g/mol. The fourth-order valence-corrected chi connectivity index (χ4v) is 5.75. The lowest BCUT2D eigenvalue weighted by molar-refractivity contribution is -0.127. The van der Waals surface area contributed by atoms with E-state index >= 15 is 0 Å².